The molecule has 5 rings (SSSR count). The minimum absolute atomic E-state index is 0.00576. The van der Waals surface area contributed by atoms with Crippen molar-refractivity contribution >= 4 is 0 Å². The Labute approximate surface area is 196 Å². The lowest BCUT2D eigenvalue weighted by atomic mass is 9.53. The van der Waals surface area contributed by atoms with Crippen molar-refractivity contribution in [3.05, 3.63) is 53.1 Å². The summed E-state index contributed by atoms with van der Waals surface area (Å²) in [5, 5.41) is 0. The van der Waals surface area contributed by atoms with Gasteiger partial charge in [0.15, 0.2) is 11.5 Å². The van der Waals surface area contributed by atoms with E-state index in [1.54, 1.807) is 14.2 Å². The maximum atomic E-state index is 6.78. The first-order valence-electron chi connectivity index (χ1n) is 11.6. The Morgan fingerprint density at radius 1 is 1.06 bits per heavy atom. The third kappa shape index (κ3) is 3.04. The van der Waals surface area contributed by atoms with Gasteiger partial charge in [-0.3, -0.25) is 0 Å². The molecule has 0 fully saturated rings. The lowest BCUT2D eigenvalue weighted by Gasteiger charge is -2.55. The topological polar surface area (TPSA) is 46.2 Å². The maximum absolute atomic E-state index is 6.78. The molecule has 0 spiro atoms. The Hall–Kier alpha value is -2.82. The van der Waals surface area contributed by atoms with E-state index >= 15 is 0 Å². The molecule has 0 bridgehead atoms. The minimum Gasteiger partial charge on any atom is -0.493 e. The van der Waals surface area contributed by atoms with Gasteiger partial charge in [-0.15, -0.1) is 0 Å². The Balaban J connectivity index is 1.72. The Morgan fingerprint density at radius 2 is 1.76 bits per heavy atom. The van der Waals surface area contributed by atoms with Crippen LogP contribution in [0.5, 0.6) is 28.7 Å². The van der Waals surface area contributed by atoms with Gasteiger partial charge in [-0.1, -0.05) is 40.3 Å². The second kappa shape index (κ2) is 7.34. The highest BCUT2D eigenvalue weighted by Crippen LogP contribution is 2.62. The van der Waals surface area contributed by atoms with Gasteiger partial charge in [0.1, 0.15) is 36.1 Å². The predicted octanol–water partition coefficient (Wildman–Crippen LogP) is 5.82. The molecule has 3 heterocycles. The number of ether oxygens (including phenoxy) is 5. The van der Waals surface area contributed by atoms with Crippen molar-refractivity contribution in [3.8, 4) is 28.7 Å². The van der Waals surface area contributed by atoms with E-state index in [1.165, 1.54) is 5.56 Å². The fourth-order valence-corrected chi connectivity index (χ4v) is 5.80. The van der Waals surface area contributed by atoms with Gasteiger partial charge in [0.25, 0.3) is 0 Å². The molecule has 1 unspecified atom stereocenters. The van der Waals surface area contributed by atoms with Crippen LogP contribution in [-0.4, -0.2) is 33.0 Å². The summed E-state index contributed by atoms with van der Waals surface area (Å²) in [6.07, 6.45) is 0.657. The summed E-state index contributed by atoms with van der Waals surface area (Å²) < 4.78 is 30.4. The van der Waals surface area contributed by atoms with E-state index in [9.17, 15) is 0 Å². The maximum Gasteiger partial charge on any atom is 0.164 e. The standard InChI is InChI=1S/C28H34O5/c1-15(2)20-12-17-19(32-20)10-9-18-26(17)33-24-14-31-21-13-23(30-8)22(29-7)11-16(21)25(24)28(18,6)27(3,4)5/h9-11,13,20,24-25H,1,12,14H2,2-8H3/t20-,24-,25+,28?/m1/s1. The van der Waals surface area contributed by atoms with Crippen LogP contribution in [0.1, 0.15) is 57.2 Å². The first kappa shape index (κ1) is 22.0. The van der Waals surface area contributed by atoms with Crippen molar-refractivity contribution in [2.45, 2.75) is 64.6 Å². The highest BCUT2D eigenvalue weighted by Gasteiger charge is 2.57. The van der Waals surface area contributed by atoms with Crippen LogP contribution in [0.25, 0.3) is 0 Å². The Kier molecular flexibility index (Phi) is 4.89. The molecule has 3 aliphatic rings. The quantitative estimate of drug-likeness (QED) is 0.551. The highest BCUT2D eigenvalue weighted by atomic mass is 16.5. The normalized spacial score (nSPS) is 27.1. The lowest BCUT2D eigenvalue weighted by Crippen LogP contribution is -2.54. The third-order valence-electron chi connectivity index (χ3n) is 8.06. The highest BCUT2D eigenvalue weighted by molar-refractivity contribution is 5.61. The summed E-state index contributed by atoms with van der Waals surface area (Å²) in [4.78, 5) is 0. The van der Waals surface area contributed by atoms with Gasteiger partial charge in [-0.05, 0) is 30.0 Å². The van der Waals surface area contributed by atoms with Crippen molar-refractivity contribution < 1.29 is 23.7 Å². The van der Waals surface area contributed by atoms with Gasteiger partial charge in [0.05, 0.1) is 14.2 Å². The van der Waals surface area contributed by atoms with Crippen LogP contribution in [0.4, 0.5) is 0 Å². The van der Waals surface area contributed by atoms with Crippen LogP contribution >= 0.6 is 0 Å². The van der Waals surface area contributed by atoms with Gasteiger partial charge in [-0.2, -0.15) is 0 Å². The van der Waals surface area contributed by atoms with Crippen molar-refractivity contribution in [3.63, 3.8) is 0 Å². The van der Waals surface area contributed by atoms with Crippen LogP contribution in [0, 0.1) is 5.41 Å². The summed E-state index contributed by atoms with van der Waals surface area (Å²) in [6.45, 7) is 15.9. The zero-order chi connectivity index (χ0) is 23.7. The summed E-state index contributed by atoms with van der Waals surface area (Å²) in [7, 11) is 3.32. The zero-order valence-corrected chi connectivity index (χ0v) is 20.7. The molecule has 3 aliphatic heterocycles. The number of hydrogen-bond acceptors (Lipinski definition) is 5. The molecule has 176 valence electrons. The van der Waals surface area contributed by atoms with Crippen LogP contribution < -0.4 is 23.7 Å². The number of rotatable bonds is 3. The monoisotopic (exact) mass is 450 g/mol. The van der Waals surface area contributed by atoms with Crippen LogP contribution in [0.3, 0.4) is 0 Å². The molecule has 2 aromatic rings. The fourth-order valence-electron chi connectivity index (χ4n) is 5.80. The largest absolute Gasteiger partial charge is 0.493 e. The molecular formula is C28H34O5. The van der Waals surface area contributed by atoms with Crippen LogP contribution in [0.2, 0.25) is 0 Å². The summed E-state index contributed by atoms with van der Waals surface area (Å²) in [6, 6.07) is 8.32. The van der Waals surface area contributed by atoms with Crippen molar-refractivity contribution in [2.24, 2.45) is 5.41 Å². The van der Waals surface area contributed by atoms with E-state index < -0.39 is 0 Å². The van der Waals surface area contributed by atoms with E-state index in [0.717, 1.165) is 40.4 Å². The summed E-state index contributed by atoms with van der Waals surface area (Å²) >= 11 is 0. The average Bonchev–Trinajstić information content (AvgIpc) is 3.22. The van der Waals surface area contributed by atoms with Crippen molar-refractivity contribution in [2.75, 3.05) is 20.8 Å². The number of fused-ring (bicyclic) bond motifs is 6. The smallest absolute Gasteiger partial charge is 0.164 e. The molecule has 0 aliphatic carbocycles. The van der Waals surface area contributed by atoms with E-state index in [-0.39, 0.29) is 29.0 Å². The zero-order valence-electron chi connectivity index (χ0n) is 20.7. The van der Waals surface area contributed by atoms with Gasteiger partial charge in [0.2, 0.25) is 0 Å². The molecule has 0 aromatic heterocycles. The van der Waals surface area contributed by atoms with Gasteiger partial charge in [0, 0.05) is 40.5 Å². The fraction of sp³-hybridized carbons (Fsp3) is 0.500. The second-order valence-electron chi connectivity index (χ2n) is 10.7. The average molecular weight is 451 g/mol. The molecule has 33 heavy (non-hydrogen) atoms. The summed E-state index contributed by atoms with van der Waals surface area (Å²) in [5.74, 6) is 4.16. The minimum atomic E-state index is -0.222. The molecular weight excluding hydrogens is 416 g/mol. The molecule has 0 amide bonds. The van der Waals surface area contributed by atoms with Gasteiger partial charge < -0.3 is 23.7 Å². The molecule has 4 atom stereocenters. The number of methoxy groups -OCH3 is 2. The number of benzene rings is 2. The van der Waals surface area contributed by atoms with Gasteiger partial charge in [-0.25, -0.2) is 0 Å². The van der Waals surface area contributed by atoms with E-state index in [4.69, 9.17) is 23.7 Å². The molecule has 5 nitrogen and oxygen atoms in total. The second-order valence-corrected chi connectivity index (χ2v) is 10.7. The third-order valence-corrected chi connectivity index (χ3v) is 8.06. The molecule has 0 saturated carbocycles. The van der Waals surface area contributed by atoms with E-state index in [0.29, 0.717) is 18.1 Å². The first-order valence-corrected chi connectivity index (χ1v) is 11.6. The Bertz CT molecular complexity index is 1130. The lowest BCUT2D eigenvalue weighted by molar-refractivity contribution is 0.000690. The van der Waals surface area contributed by atoms with E-state index in [2.05, 4.69) is 52.5 Å². The first-order chi connectivity index (χ1) is 15.6. The molecule has 5 heteroatoms. The molecule has 0 saturated heterocycles. The molecule has 0 N–H and O–H groups in total. The predicted molar refractivity (Wildman–Crippen MR) is 128 cm³/mol. The van der Waals surface area contributed by atoms with Crippen LogP contribution in [-0.2, 0) is 11.8 Å². The van der Waals surface area contributed by atoms with Gasteiger partial charge >= 0.3 is 0 Å². The van der Waals surface area contributed by atoms with E-state index in [1.807, 2.05) is 13.0 Å². The molecule has 2 aromatic carbocycles. The SMILES string of the molecule is C=C(C)[C@H]1Cc2c(ccc3c2O[C@@H]2COc4cc(OC)c(OC)cc4[C@@H]2C3(C)C(C)(C)C)O1. The van der Waals surface area contributed by atoms with Crippen molar-refractivity contribution in [1.82, 2.24) is 0 Å². The summed E-state index contributed by atoms with van der Waals surface area (Å²) in [5.41, 5.74) is 4.22. The number of hydrogen-bond donors (Lipinski definition) is 0. The molecule has 0 radical (unpaired) electrons. The van der Waals surface area contributed by atoms with Crippen LogP contribution in [0.15, 0.2) is 36.4 Å². The van der Waals surface area contributed by atoms with Crippen molar-refractivity contribution in [1.29, 1.82) is 0 Å². The Morgan fingerprint density at radius 3 is 2.39 bits per heavy atom.